The number of rotatable bonds is 3. The van der Waals surface area contributed by atoms with E-state index in [1.54, 1.807) is 0 Å². The Hall–Kier alpha value is -0.870. The first-order valence-electron chi connectivity index (χ1n) is 7.99. The van der Waals surface area contributed by atoms with Crippen molar-refractivity contribution < 1.29 is 4.79 Å². The zero-order chi connectivity index (χ0) is 14.8. The van der Waals surface area contributed by atoms with Gasteiger partial charge >= 0.3 is 0 Å². The number of likely N-dealkylation sites (tertiary alicyclic amines) is 1. The van der Waals surface area contributed by atoms with Gasteiger partial charge < -0.3 is 4.90 Å². The largest absolute Gasteiger partial charge is 0.341 e. The molecule has 0 aromatic heterocycles. The first-order valence-corrected chi connectivity index (χ1v) is 8.78. The quantitative estimate of drug-likeness (QED) is 0.905. The summed E-state index contributed by atoms with van der Waals surface area (Å²) in [5.41, 5.74) is 2.75. The smallest absolute Gasteiger partial charge is 0.239 e. The van der Waals surface area contributed by atoms with Crippen molar-refractivity contribution in [2.24, 2.45) is 0 Å². The number of hydrogen-bond donors (Lipinski definition) is 1. The fourth-order valence-corrected chi connectivity index (χ4v) is 4.12. The number of fused-ring (bicyclic) bond motifs is 1. The lowest BCUT2D eigenvalue weighted by atomic mass is 10.1. The topological polar surface area (TPSA) is 32.3 Å². The van der Waals surface area contributed by atoms with Gasteiger partial charge in [0, 0.05) is 23.6 Å². The summed E-state index contributed by atoms with van der Waals surface area (Å²) in [6.07, 6.45) is 5.72. The average Bonchev–Trinajstić information content (AvgIpc) is 2.92. The summed E-state index contributed by atoms with van der Waals surface area (Å²) < 4.78 is 1.19. The first kappa shape index (κ1) is 15.0. The molecule has 2 atom stereocenters. The monoisotopic (exact) mass is 350 g/mol. The van der Waals surface area contributed by atoms with Gasteiger partial charge in [0.1, 0.15) is 0 Å². The number of benzene rings is 1. The molecule has 1 aromatic carbocycles. The molecular formula is C17H23BrN2O. The maximum atomic E-state index is 12.5. The van der Waals surface area contributed by atoms with Crippen LogP contribution in [0.3, 0.4) is 0 Å². The Kier molecular flexibility index (Phi) is 4.65. The number of carbonyl (C=O) groups excluding carboxylic acids is 1. The van der Waals surface area contributed by atoms with Crippen molar-refractivity contribution >= 4 is 21.8 Å². The Balaban J connectivity index is 1.65. The minimum absolute atomic E-state index is 0.0990. The zero-order valence-electron chi connectivity index (χ0n) is 12.6. The molecule has 3 nitrogen and oxygen atoms in total. The van der Waals surface area contributed by atoms with Gasteiger partial charge in [-0.05, 0) is 56.2 Å². The van der Waals surface area contributed by atoms with Crippen LogP contribution in [-0.2, 0) is 11.2 Å². The van der Waals surface area contributed by atoms with E-state index in [2.05, 4.69) is 39.4 Å². The van der Waals surface area contributed by atoms with E-state index < -0.39 is 0 Å². The van der Waals surface area contributed by atoms with Crippen LogP contribution in [0, 0.1) is 0 Å². The second-order valence-corrected chi connectivity index (χ2v) is 7.03. The molecule has 1 fully saturated rings. The van der Waals surface area contributed by atoms with Gasteiger partial charge in [0.2, 0.25) is 5.91 Å². The Bertz CT molecular complexity index is 526. The zero-order valence-corrected chi connectivity index (χ0v) is 14.2. The summed E-state index contributed by atoms with van der Waals surface area (Å²) in [5.74, 6) is 0.262. The molecular weight excluding hydrogens is 328 g/mol. The molecule has 1 amide bonds. The summed E-state index contributed by atoms with van der Waals surface area (Å²) in [5, 5.41) is 3.55. The fourth-order valence-electron chi connectivity index (χ4n) is 3.54. The number of nitrogens with one attached hydrogen (secondary N) is 1. The normalized spacial score (nSPS) is 23.0. The molecule has 4 heteroatoms. The van der Waals surface area contributed by atoms with Gasteiger partial charge in [-0.1, -0.05) is 28.1 Å². The number of amides is 1. The highest BCUT2D eigenvalue weighted by Gasteiger charge is 2.28. The maximum Gasteiger partial charge on any atom is 0.239 e. The van der Waals surface area contributed by atoms with Crippen LogP contribution in [0.4, 0.5) is 0 Å². The highest BCUT2D eigenvalue weighted by molar-refractivity contribution is 9.10. The van der Waals surface area contributed by atoms with Gasteiger partial charge in [0.15, 0.2) is 0 Å². The van der Waals surface area contributed by atoms with Crippen LogP contribution in [0.5, 0.6) is 0 Å². The van der Waals surface area contributed by atoms with E-state index in [1.165, 1.54) is 22.0 Å². The second kappa shape index (κ2) is 6.49. The predicted molar refractivity (Wildman–Crippen MR) is 88.2 cm³/mol. The van der Waals surface area contributed by atoms with E-state index in [-0.39, 0.29) is 11.9 Å². The van der Waals surface area contributed by atoms with Crippen LogP contribution < -0.4 is 5.32 Å². The van der Waals surface area contributed by atoms with E-state index >= 15 is 0 Å². The molecule has 1 N–H and O–H groups in total. The lowest BCUT2D eigenvalue weighted by Gasteiger charge is -2.30. The number of carbonyl (C=O) groups is 1. The molecule has 0 spiro atoms. The van der Waals surface area contributed by atoms with Gasteiger partial charge in [-0.15, -0.1) is 0 Å². The molecule has 3 rings (SSSR count). The van der Waals surface area contributed by atoms with E-state index in [1.807, 2.05) is 11.8 Å². The van der Waals surface area contributed by atoms with Crippen molar-refractivity contribution in [2.75, 3.05) is 13.1 Å². The Morgan fingerprint density at radius 2 is 2.10 bits per heavy atom. The van der Waals surface area contributed by atoms with Gasteiger partial charge in [-0.2, -0.15) is 0 Å². The number of hydrogen-bond acceptors (Lipinski definition) is 2. The van der Waals surface area contributed by atoms with Crippen molar-refractivity contribution in [3.8, 4) is 0 Å². The highest BCUT2D eigenvalue weighted by atomic mass is 79.9. The average molecular weight is 351 g/mol. The Morgan fingerprint density at radius 1 is 1.33 bits per heavy atom. The van der Waals surface area contributed by atoms with Gasteiger partial charge in [0.05, 0.1) is 6.04 Å². The molecule has 1 heterocycles. The highest BCUT2D eigenvalue weighted by Crippen LogP contribution is 2.35. The van der Waals surface area contributed by atoms with Crippen LogP contribution in [0.15, 0.2) is 22.7 Å². The molecule has 1 saturated heterocycles. The van der Waals surface area contributed by atoms with Crippen LogP contribution >= 0.6 is 15.9 Å². The van der Waals surface area contributed by atoms with Crippen molar-refractivity contribution in [3.05, 3.63) is 33.8 Å². The van der Waals surface area contributed by atoms with Crippen LogP contribution in [0.2, 0.25) is 0 Å². The third-order valence-corrected chi connectivity index (χ3v) is 5.45. The Labute approximate surface area is 135 Å². The standard InChI is InChI=1S/C17H23BrN2O/c1-12(17(21)20-10-3-2-4-11-20)19-16-9-8-13-14(16)6-5-7-15(13)18/h5-7,12,16,19H,2-4,8-11H2,1H3. The molecule has 0 radical (unpaired) electrons. The number of piperidine rings is 1. The lowest BCUT2D eigenvalue weighted by Crippen LogP contribution is -2.47. The molecule has 0 saturated carbocycles. The SMILES string of the molecule is CC(NC1CCc2c(Br)cccc21)C(=O)N1CCCCC1. The van der Waals surface area contributed by atoms with Gasteiger partial charge in [0.25, 0.3) is 0 Å². The predicted octanol–water partition coefficient (Wildman–Crippen LogP) is 3.43. The maximum absolute atomic E-state index is 12.5. The summed E-state index contributed by atoms with van der Waals surface area (Å²) >= 11 is 3.63. The van der Waals surface area contributed by atoms with Crippen LogP contribution in [0.1, 0.15) is 49.8 Å². The molecule has 114 valence electrons. The van der Waals surface area contributed by atoms with E-state index in [4.69, 9.17) is 0 Å². The van der Waals surface area contributed by atoms with Crippen LogP contribution in [0.25, 0.3) is 0 Å². The van der Waals surface area contributed by atoms with Crippen molar-refractivity contribution in [1.29, 1.82) is 0 Å². The van der Waals surface area contributed by atoms with Crippen molar-refractivity contribution in [1.82, 2.24) is 10.2 Å². The molecule has 1 aromatic rings. The summed E-state index contributed by atoms with van der Waals surface area (Å²) in [7, 11) is 0. The van der Waals surface area contributed by atoms with E-state index in [0.717, 1.165) is 38.8 Å². The minimum atomic E-state index is -0.0990. The molecule has 1 aliphatic carbocycles. The van der Waals surface area contributed by atoms with Crippen molar-refractivity contribution in [3.63, 3.8) is 0 Å². The van der Waals surface area contributed by atoms with Crippen molar-refractivity contribution in [2.45, 2.75) is 51.1 Å². The fraction of sp³-hybridized carbons (Fsp3) is 0.588. The lowest BCUT2D eigenvalue weighted by molar-refractivity contribution is -0.134. The third kappa shape index (κ3) is 3.16. The molecule has 2 unspecified atom stereocenters. The van der Waals surface area contributed by atoms with Gasteiger partial charge in [-0.25, -0.2) is 0 Å². The summed E-state index contributed by atoms with van der Waals surface area (Å²) in [4.78, 5) is 14.5. The van der Waals surface area contributed by atoms with E-state index in [0.29, 0.717) is 6.04 Å². The summed E-state index contributed by atoms with van der Waals surface area (Å²) in [6.45, 7) is 3.86. The Morgan fingerprint density at radius 3 is 2.86 bits per heavy atom. The second-order valence-electron chi connectivity index (χ2n) is 6.17. The summed E-state index contributed by atoms with van der Waals surface area (Å²) in [6, 6.07) is 6.58. The third-order valence-electron chi connectivity index (χ3n) is 4.70. The van der Waals surface area contributed by atoms with Crippen LogP contribution in [-0.4, -0.2) is 29.9 Å². The molecule has 0 bridgehead atoms. The molecule has 2 aliphatic rings. The molecule has 1 aliphatic heterocycles. The number of halogens is 1. The van der Waals surface area contributed by atoms with E-state index in [9.17, 15) is 4.79 Å². The minimum Gasteiger partial charge on any atom is -0.341 e. The molecule has 21 heavy (non-hydrogen) atoms. The number of nitrogens with zero attached hydrogens (tertiary/aromatic N) is 1. The first-order chi connectivity index (χ1) is 10.2. The van der Waals surface area contributed by atoms with Gasteiger partial charge in [-0.3, -0.25) is 10.1 Å².